The van der Waals surface area contributed by atoms with Gasteiger partial charge in [0.05, 0.1) is 13.3 Å². The largest absolute Gasteiger partial charge is 0.504 e. The van der Waals surface area contributed by atoms with Crippen molar-refractivity contribution in [2.45, 2.75) is 20.5 Å². The molecule has 7 nitrogen and oxygen atoms in total. The smallest absolute Gasteiger partial charge is 0.216 e. The zero-order valence-corrected chi connectivity index (χ0v) is 16.1. The second-order valence-corrected chi connectivity index (χ2v) is 6.33. The van der Waals surface area contributed by atoms with Gasteiger partial charge in [-0.15, -0.1) is 0 Å². The first-order valence-electron chi connectivity index (χ1n) is 8.26. The fraction of sp³-hybridized carbons (Fsp3) is 0.211. The molecule has 0 bridgehead atoms. The summed E-state index contributed by atoms with van der Waals surface area (Å²) in [4.78, 5) is 0. The average molecular weight is 384 g/mol. The van der Waals surface area contributed by atoms with E-state index in [1.807, 2.05) is 32.0 Å². The van der Waals surface area contributed by atoms with Gasteiger partial charge in [0.15, 0.2) is 17.3 Å². The van der Waals surface area contributed by atoms with E-state index in [2.05, 4.69) is 15.3 Å². The Morgan fingerprint density at radius 3 is 2.67 bits per heavy atom. The molecule has 2 aromatic carbocycles. The van der Waals surface area contributed by atoms with Crippen molar-refractivity contribution in [2.75, 3.05) is 7.11 Å². The fourth-order valence-electron chi connectivity index (χ4n) is 2.61. The molecule has 0 aliphatic heterocycles. The highest BCUT2D eigenvalue weighted by Crippen LogP contribution is 2.25. The number of hydrogen-bond donors (Lipinski definition) is 2. The van der Waals surface area contributed by atoms with Crippen LogP contribution in [0, 0.1) is 18.6 Å². The van der Waals surface area contributed by atoms with Crippen LogP contribution in [0.15, 0.2) is 41.5 Å². The highest BCUT2D eigenvalue weighted by molar-refractivity contribution is 7.71. The van der Waals surface area contributed by atoms with Crippen molar-refractivity contribution in [1.29, 1.82) is 0 Å². The Morgan fingerprint density at radius 2 is 2.00 bits per heavy atom. The molecule has 0 atom stereocenters. The molecule has 0 fully saturated rings. The zero-order chi connectivity index (χ0) is 19.4. The highest BCUT2D eigenvalue weighted by atomic mass is 32.1. The number of aromatic nitrogens is 3. The minimum atomic E-state index is 0.0378. The molecule has 3 aromatic rings. The first-order chi connectivity index (χ1) is 13.0. The predicted octanol–water partition coefficient (Wildman–Crippen LogP) is 3.73. The first kappa shape index (κ1) is 18.7. The summed E-state index contributed by atoms with van der Waals surface area (Å²) in [6, 6.07) is 11.0. The van der Waals surface area contributed by atoms with E-state index in [4.69, 9.17) is 21.7 Å². The van der Waals surface area contributed by atoms with Gasteiger partial charge in [-0.1, -0.05) is 18.2 Å². The molecule has 140 valence electrons. The van der Waals surface area contributed by atoms with Crippen LogP contribution < -0.4 is 9.47 Å². The molecule has 3 rings (SSSR count). The summed E-state index contributed by atoms with van der Waals surface area (Å²) in [7, 11) is 1.50. The van der Waals surface area contributed by atoms with Crippen molar-refractivity contribution in [3.8, 4) is 17.2 Å². The molecule has 0 saturated heterocycles. The molecule has 0 unspecified atom stereocenters. The molecule has 0 amide bonds. The number of phenolic OH excluding ortho intramolecular Hbond substituents is 1. The lowest BCUT2D eigenvalue weighted by molar-refractivity contribution is 0.287. The number of aromatic amines is 1. The van der Waals surface area contributed by atoms with Gasteiger partial charge in [0.25, 0.3) is 0 Å². The first-order valence-corrected chi connectivity index (χ1v) is 8.67. The summed E-state index contributed by atoms with van der Waals surface area (Å²) in [6.07, 6.45) is 1.58. The third kappa shape index (κ3) is 4.17. The lowest BCUT2D eigenvalue weighted by Crippen LogP contribution is -2.05. The summed E-state index contributed by atoms with van der Waals surface area (Å²) < 4.78 is 12.8. The van der Waals surface area contributed by atoms with Gasteiger partial charge in [0.2, 0.25) is 4.77 Å². The van der Waals surface area contributed by atoms with E-state index in [0.29, 0.717) is 21.9 Å². The summed E-state index contributed by atoms with van der Waals surface area (Å²) >= 11 is 5.24. The van der Waals surface area contributed by atoms with Crippen LogP contribution in [0.2, 0.25) is 0 Å². The Morgan fingerprint density at radius 1 is 1.26 bits per heavy atom. The molecular formula is C19H20N4O3S. The number of benzene rings is 2. The van der Waals surface area contributed by atoms with Gasteiger partial charge >= 0.3 is 0 Å². The Kier molecular flexibility index (Phi) is 5.56. The van der Waals surface area contributed by atoms with Gasteiger partial charge in [-0.25, -0.2) is 5.10 Å². The number of rotatable bonds is 6. The van der Waals surface area contributed by atoms with Crippen LogP contribution in [-0.2, 0) is 6.61 Å². The number of hydrogen-bond acceptors (Lipinski definition) is 6. The van der Waals surface area contributed by atoms with E-state index >= 15 is 0 Å². The lowest BCUT2D eigenvalue weighted by Gasteiger charge is -2.11. The molecule has 1 heterocycles. The van der Waals surface area contributed by atoms with Gasteiger partial charge in [-0.3, -0.25) is 0 Å². The van der Waals surface area contributed by atoms with Crippen molar-refractivity contribution in [3.63, 3.8) is 0 Å². The van der Waals surface area contributed by atoms with Crippen molar-refractivity contribution in [3.05, 3.63) is 63.7 Å². The highest BCUT2D eigenvalue weighted by Gasteiger charge is 2.09. The number of methoxy groups -OCH3 is 1. The molecule has 0 saturated carbocycles. The predicted molar refractivity (Wildman–Crippen MR) is 105 cm³/mol. The minimum absolute atomic E-state index is 0.0378. The van der Waals surface area contributed by atoms with Gasteiger partial charge in [0.1, 0.15) is 12.4 Å². The third-order valence-electron chi connectivity index (χ3n) is 4.00. The number of H-pyrrole nitrogens is 1. The molecular weight excluding hydrogens is 364 g/mol. The monoisotopic (exact) mass is 384 g/mol. The fourth-order valence-corrected chi connectivity index (χ4v) is 2.81. The van der Waals surface area contributed by atoms with Crippen molar-refractivity contribution < 1.29 is 14.6 Å². The molecule has 2 N–H and O–H groups in total. The third-order valence-corrected chi connectivity index (χ3v) is 4.26. The summed E-state index contributed by atoms with van der Waals surface area (Å²) in [5.74, 6) is 1.80. The molecule has 27 heavy (non-hydrogen) atoms. The van der Waals surface area contributed by atoms with Gasteiger partial charge in [-0.2, -0.15) is 14.9 Å². The maximum Gasteiger partial charge on any atom is 0.216 e. The molecule has 0 aliphatic carbocycles. The normalized spacial score (nSPS) is 11.1. The summed E-state index contributed by atoms with van der Waals surface area (Å²) in [5, 5.41) is 21.1. The van der Waals surface area contributed by atoms with Crippen LogP contribution in [0.25, 0.3) is 0 Å². The number of aromatic hydroxyl groups is 1. The Bertz CT molecular complexity index is 1020. The maximum atomic E-state index is 9.87. The Labute approximate surface area is 161 Å². The number of para-hydroxylation sites is 1. The molecule has 8 heteroatoms. The quantitative estimate of drug-likeness (QED) is 0.500. The summed E-state index contributed by atoms with van der Waals surface area (Å²) in [6.45, 7) is 4.20. The number of ether oxygens (including phenoxy) is 2. The maximum absolute atomic E-state index is 9.87. The van der Waals surface area contributed by atoms with Crippen molar-refractivity contribution in [1.82, 2.24) is 14.9 Å². The van der Waals surface area contributed by atoms with E-state index < -0.39 is 0 Å². The lowest BCUT2D eigenvalue weighted by atomic mass is 10.1. The van der Waals surface area contributed by atoms with Crippen molar-refractivity contribution in [2.24, 2.45) is 5.10 Å². The SMILES string of the molecule is COc1ccc(/C=N\n2c(COc3c(C)cccc3C)n[nH]c2=S)cc1O. The standard InChI is InChI=1S/C19H20N4O3S/c1-12-5-4-6-13(2)18(12)26-11-17-21-22-19(27)23(17)20-10-14-7-8-16(25-3)15(24)9-14/h4-10,24H,11H2,1-3H3,(H,22,27)/b20-10-. The Balaban J connectivity index is 1.80. The van der Waals surface area contributed by atoms with E-state index in [0.717, 1.165) is 16.9 Å². The van der Waals surface area contributed by atoms with E-state index in [-0.39, 0.29) is 12.4 Å². The van der Waals surface area contributed by atoms with E-state index in [1.165, 1.54) is 11.8 Å². The number of phenols is 1. The van der Waals surface area contributed by atoms with E-state index in [1.54, 1.807) is 24.4 Å². The van der Waals surface area contributed by atoms with Gasteiger partial charge in [0, 0.05) is 0 Å². The van der Waals surface area contributed by atoms with Crippen LogP contribution in [-0.4, -0.2) is 33.3 Å². The van der Waals surface area contributed by atoms with Gasteiger partial charge < -0.3 is 14.6 Å². The van der Waals surface area contributed by atoms with Crippen LogP contribution in [0.3, 0.4) is 0 Å². The van der Waals surface area contributed by atoms with Gasteiger partial charge in [-0.05, 0) is 61.0 Å². The van der Waals surface area contributed by atoms with Crippen LogP contribution in [0.1, 0.15) is 22.5 Å². The van der Waals surface area contributed by atoms with Crippen LogP contribution in [0.5, 0.6) is 17.2 Å². The second-order valence-electron chi connectivity index (χ2n) is 5.94. The topological polar surface area (TPSA) is 84.7 Å². The average Bonchev–Trinajstić information content (AvgIpc) is 2.99. The second kappa shape index (κ2) is 8.05. The van der Waals surface area contributed by atoms with E-state index in [9.17, 15) is 5.11 Å². The van der Waals surface area contributed by atoms with Crippen LogP contribution >= 0.6 is 12.2 Å². The molecule has 0 radical (unpaired) electrons. The zero-order valence-electron chi connectivity index (χ0n) is 15.3. The minimum Gasteiger partial charge on any atom is -0.504 e. The molecule has 1 aromatic heterocycles. The molecule has 0 aliphatic rings. The number of nitrogens with zero attached hydrogens (tertiary/aromatic N) is 3. The van der Waals surface area contributed by atoms with Crippen molar-refractivity contribution >= 4 is 18.4 Å². The summed E-state index contributed by atoms with van der Waals surface area (Å²) in [5.41, 5.74) is 2.79. The number of nitrogens with one attached hydrogen (secondary N) is 1. The van der Waals surface area contributed by atoms with Crippen LogP contribution in [0.4, 0.5) is 0 Å². The Hall–Kier alpha value is -3.13. The number of aryl methyl sites for hydroxylation is 2. The molecule has 0 spiro atoms.